The fourth-order valence-corrected chi connectivity index (χ4v) is 2.90. The number of rotatable bonds is 4. The number of thioether (sulfide) groups is 1. The molecule has 2 heterocycles. The predicted octanol–water partition coefficient (Wildman–Crippen LogP) is 1.02. The molecule has 1 fully saturated rings. The van der Waals surface area contributed by atoms with Crippen LogP contribution in [-0.2, 0) is 19.9 Å². The number of aromatic nitrogens is 3. The van der Waals surface area contributed by atoms with Gasteiger partial charge in [0, 0.05) is 44.0 Å². The quantitative estimate of drug-likeness (QED) is 0.853. The van der Waals surface area contributed by atoms with Crippen molar-refractivity contribution < 1.29 is 0 Å². The molecule has 4 nitrogen and oxygen atoms in total. The molecule has 1 atom stereocenters. The van der Waals surface area contributed by atoms with E-state index in [0.29, 0.717) is 6.04 Å². The Hall–Kier alpha value is -0.550. The van der Waals surface area contributed by atoms with Gasteiger partial charge in [0.15, 0.2) is 5.82 Å². The summed E-state index contributed by atoms with van der Waals surface area (Å²) < 4.78 is 1.94. The Morgan fingerprint density at radius 3 is 3.12 bits per heavy atom. The molecular formula is C11H20N4S. The van der Waals surface area contributed by atoms with E-state index in [1.165, 1.54) is 11.5 Å². The second-order valence-electron chi connectivity index (χ2n) is 4.25. The van der Waals surface area contributed by atoms with Crippen LogP contribution in [0.4, 0.5) is 0 Å². The molecule has 0 amide bonds. The number of aryl methyl sites for hydroxylation is 2. The van der Waals surface area contributed by atoms with Crippen LogP contribution in [0.3, 0.4) is 0 Å². The van der Waals surface area contributed by atoms with Gasteiger partial charge >= 0.3 is 0 Å². The van der Waals surface area contributed by atoms with E-state index in [0.717, 1.165) is 37.5 Å². The molecule has 1 aromatic rings. The third-order valence-electron chi connectivity index (χ3n) is 2.80. The van der Waals surface area contributed by atoms with E-state index >= 15 is 0 Å². The molecule has 0 aromatic carbocycles. The molecule has 1 unspecified atom stereocenters. The Morgan fingerprint density at radius 2 is 2.44 bits per heavy atom. The van der Waals surface area contributed by atoms with Gasteiger partial charge in [0.2, 0.25) is 0 Å². The normalized spacial score (nSPS) is 21.2. The Balaban J connectivity index is 1.96. The molecule has 5 heteroatoms. The van der Waals surface area contributed by atoms with E-state index < -0.39 is 0 Å². The lowest BCUT2D eigenvalue weighted by Crippen LogP contribution is -2.39. The molecule has 0 aliphatic carbocycles. The minimum absolute atomic E-state index is 0.566. The smallest absolute Gasteiger partial charge is 0.150 e. The first-order chi connectivity index (χ1) is 7.79. The van der Waals surface area contributed by atoms with Crippen molar-refractivity contribution in [2.45, 2.75) is 32.2 Å². The summed E-state index contributed by atoms with van der Waals surface area (Å²) in [6.07, 6.45) is 3.10. The second-order valence-corrected chi connectivity index (χ2v) is 5.40. The first kappa shape index (κ1) is 11.9. The maximum atomic E-state index is 4.60. The molecule has 0 saturated carbocycles. The van der Waals surface area contributed by atoms with E-state index in [1.807, 2.05) is 23.5 Å². The van der Waals surface area contributed by atoms with Crippen molar-refractivity contribution in [3.8, 4) is 0 Å². The van der Waals surface area contributed by atoms with Gasteiger partial charge in [0.05, 0.1) is 0 Å². The topological polar surface area (TPSA) is 42.7 Å². The van der Waals surface area contributed by atoms with Crippen molar-refractivity contribution in [2.24, 2.45) is 7.05 Å². The lowest BCUT2D eigenvalue weighted by molar-refractivity contribution is 0.534. The SMILES string of the molecule is CCCc1nc(CC2CSCCN2)n(C)n1. The molecule has 0 radical (unpaired) electrons. The van der Waals surface area contributed by atoms with Gasteiger partial charge in [-0.15, -0.1) is 0 Å². The summed E-state index contributed by atoms with van der Waals surface area (Å²) in [6, 6.07) is 0.566. The molecule has 1 N–H and O–H groups in total. The van der Waals surface area contributed by atoms with Gasteiger partial charge in [-0.2, -0.15) is 16.9 Å². The Labute approximate surface area is 101 Å². The molecule has 0 spiro atoms. The number of hydrogen-bond donors (Lipinski definition) is 1. The Bertz CT molecular complexity index is 331. The molecule has 1 aliphatic heterocycles. The first-order valence-corrected chi connectivity index (χ1v) is 7.15. The van der Waals surface area contributed by atoms with E-state index in [-0.39, 0.29) is 0 Å². The lowest BCUT2D eigenvalue weighted by atomic mass is 10.2. The molecule has 16 heavy (non-hydrogen) atoms. The maximum Gasteiger partial charge on any atom is 0.150 e. The summed E-state index contributed by atoms with van der Waals surface area (Å²) in [5.74, 6) is 4.53. The Kier molecular flexibility index (Phi) is 4.23. The summed E-state index contributed by atoms with van der Waals surface area (Å²) in [6.45, 7) is 3.28. The summed E-state index contributed by atoms with van der Waals surface area (Å²) in [5.41, 5.74) is 0. The zero-order valence-corrected chi connectivity index (χ0v) is 10.9. The van der Waals surface area contributed by atoms with Crippen molar-refractivity contribution in [2.75, 3.05) is 18.1 Å². The van der Waals surface area contributed by atoms with Gasteiger partial charge in [-0.1, -0.05) is 6.92 Å². The zero-order valence-electron chi connectivity index (χ0n) is 10.1. The highest BCUT2D eigenvalue weighted by atomic mass is 32.2. The van der Waals surface area contributed by atoms with Gasteiger partial charge in [0.1, 0.15) is 5.82 Å². The molecule has 90 valence electrons. The van der Waals surface area contributed by atoms with Gasteiger partial charge in [-0.3, -0.25) is 4.68 Å². The van der Waals surface area contributed by atoms with Crippen molar-refractivity contribution >= 4 is 11.8 Å². The van der Waals surface area contributed by atoms with Gasteiger partial charge in [0.25, 0.3) is 0 Å². The maximum absolute atomic E-state index is 4.60. The predicted molar refractivity (Wildman–Crippen MR) is 67.8 cm³/mol. The third-order valence-corrected chi connectivity index (χ3v) is 3.93. The van der Waals surface area contributed by atoms with E-state index in [2.05, 4.69) is 22.3 Å². The monoisotopic (exact) mass is 240 g/mol. The van der Waals surface area contributed by atoms with E-state index in [9.17, 15) is 0 Å². The van der Waals surface area contributed by atoms with Gasteiger partial charge in [-0.05, 0) is 6.42 Å². The average molecular weight is 240 g/mol. The largest absolute Gasteiger partial charge is 0.312 e. The molecule has 2 rings (SSSR count). The van der Waals surface area contributed by atoms with Crippen molar-refractivity contribution in [3.05, 3.63) is 11.6 Å². The van der Waals surface area contributed by atoms with E-state index in [4.69, 9.17) is 0 Å². The van der Waals surface area contributed by atoms with Crippen molar-refractivity contribution in [1.82, 2.24) is 20.1 Å². The second kappa shape index (κ2) is 5.68. The van der Waals surface area contributed by atoms with Crippen LogP contribution in [0, 0.1) is 0 Å². The summed E-state index contributed by atoms with van der Waals surface area (Å²) in [4.78, 5) is 4.60. The van der Waals surface area contributed by atoms with Gasteiger partial charge < -0.3 is 5.32 Å². The molecule has 1 saturated heterocycles. The van der Waals surface area contributed by atoms with Crippen LogP contribution >= 0.6 is 11.8 Å². The highest BCUT2D eigenvalue weighted by molar-refractivity contribution is 7.99. The van der Waals surface area contributed by atoms with Crippen LogP contribution in [0.2, 0.25) is 0 Å². The zero-order chi connectivity index (χ0) is 11.4. The van der Waals surface area contributed by atoms with E-state index in [1.54, 1.807) is 0 Å². The summed E-state index contributed by atoms with van der Waals surface area (Å²) >= 11 is 2.03. The minimum Gasteiger partial charge on any atom is -0.312 e. The van der Waals surface area contributed by atoms with Crippen LogP contribution in [0.1, 0.15) is 25.0 Å². The van der Waals surface area contributed by atoms with Crippen LogP contribution in [0.15, 0.2) is 0 Å². The fourth-order valence-electron chi connectivity index (χ4n) is 1.95. The van der Waals surface area contributed by atoms with Crippen LogP contribution < -0.4 is 5.32 Å². The minimum atomic E-state index is 0.566. The lowest BCUT2D eigenvalue weighted by Gasteiger charge is -2.22. The average Bonchev–Trinajstić information content (AvgIpc) is 2.61. The number of nitrogens with zero attached hydrogens (tertiary/aromatic N) is 3. The Morgan fingerprint density at radius 1 is 1.56 bits per heavy atom. The van der Waals surface area contributed by atoms with Gasteiger partial charge in [-0.25, -0.2) is 4.98 Å². The standard InChI is InChI=1S/C11H20N4S/c1-3-4-10-13-11(15(2)14-10)7-9-8-16-6-5-12-9/h9,12H,3-8H2,1-2H3. The highest BCUT2D eigenvalue weighted by Crippen LogP contribution is 2.11. The molecule has 1 aromatic heterocycles. The van der Waals surface area contributed by atoms with Crippen molar-refractivity contribution in [3.63, 3.8) is 0 Å². The van der Waals surface area contributed by atoms with Crippen LogP contribution in [-0.4, -0.2) is 38.9 Å². The van der Waals surface area contributed by atoms with Crippen LogP contribution in [0.5, 0.6) is 0 Å². The molecule has 1 aliphatic rings. The highest BCUT2D eigenvalue weighted by Gasteiger charge is 2.16. The van der Waals surface area contributed by atoms with Crippen molar-refractivity contribution in [1.29, 1.82) is 0 Å². The summed E-state index contributed by atoms with van der Waals surface area (Å²) in [7, 11) is 2.00. The molecular weight excluding hydrogens is 220 g/mol. The van der Waals surface area contributed by atoms with Crippen LogP contribution in [0.25, 0.3) is 0 Å². The molecule has 0 bridgehead atoms. The first-order valence-electron chi connectivity index (χ1n) is 5.99. The number of nitrogens with one attached hydrogen (secondary N) is 1. The third kappa shape index (κ3) is 2.98. The number of hydrogen-bond acceptors (Lipinski definition) is 4. The summed E-state index contributed by atoms with van der Waals surface area (Å²) in [5, 5.41) is 7.97. The fraction of sp³-hybridized carbons (Fsp3) is 0.818.